The Morgan fingerprint density at radius 1 is 1.19 bits per heavy atom. The highest BCUT2D eigenvalue weighted by Gasteiger charge is 2.21. The summed E-state index contributed by atoms with van der Waals surface area (Å²) in [6.07, 6.45) is 4.07. The van der Waals surface area contributed by atoms with Crippen LogP contribution in [0.4, 0.5) is 0 Å². The second-order valence-electron chi connectivity index (χ2n) is 7.28. The van der Waals surface area contributed by atoms with E-state index in [9.17, 15) is 4.79 Å². The molecule has 1 aromatic carbocycles. The van der Waals surface area contributed by atoms with Crippen molar-refractivity contribution < 1.29 is 9.32 Å². The number of aromatic nitrogens is 3. The van der Waals surface area contributed by atoms with E-state index in [1.165, 1.54) is 11.1 Å². The number of hydrogen-bond acceptors (Lipinski definition) is 5. The summed E-state index contributed by atoms with van der Waals surface area (Å²) in [5, 5.41) is 6.96. The fourth-order valence-electron chi connectivity index (χ4n) is 2.77. The van der Waals surface area contributed by atoms with E-state index < -0.39 is 0 Å². The molecule has 140 valence electrons. The fourth-order valence-corrected chi connectivity index (χ4v) is 2.77. The molecule has 0 atom stereocenters. The van der Waals surface area contributed by atoms with Crippen molar-refractivity contribution in [2.45, 2.75) is 39.0 Å². The molecule has 0 fully saturated rings. The third-order valence-corrected chi connectivity index (χ3v) is 4.50. The van der Waals surface area contributed by atoms with Gasteiger partial charge in [0.05, 0.1) is 0 Å². The van der Waals surface area contributed by atoms with Crippen molar-refractivity contribution in [1.82, 2.24) is 20.4 Å². The number of nitrogens with zero attached hydrogens (tertiary/aromatic N) is 3. The maximum Gasteiger partial charge on any atom is 0.227 e. The molecule has 3 aromatic rings. The lowest BCUT2D eigenvalue weighted by Crippen LogP contribution is -2.36. The van der Waals surface area contributed by atoms with Gasteiger partial charge in [0.25, 0.3) is 0 Å². The number of rotatable bonds is 7. The van der Waals surface area contributed by atoms with E-state index in [2.05, 4.69) is 59.4 Å². The lowest BCUT2D eigenvalue weighted by molar-refractivity contribution is -0.121. The molecule has 0 bridgehead atoms. The molecule has 27 heavy (non-hydrogen) atoms. The minimum absolute atomic E-state index is 0.0283. The van der Waals surface area contributed by atoms with Crippen molar-refractivity contribution in [2.24, 2.45) is 0 Å². The first kappa shape index (κ1) is 18.8. The molecule has 0 spiro atoms. The minimum atomic E-state index is -0.138. The molecule has 2 aromatic heterocycles. The Balaban J connectivity index is 1.51. The molecule has 0 unspecified atom stereocenters. The topological polar surface area (TPSA) is 80.9 Å². The summed E-state index contributed by atoms with van der Waals surface area (Å²) >= 11 is 0. The van der Waals surface area contributed by atoms with E-state index in [0.717, 1.165) is 5.56 Å². The van der Waals surface area contributed by atoms with E-state index in [4.69, 9.17) is 4.52 Å². The molecule has 6 heteroatoms. The molecule has 0 radical (unpaired) electrons. The average molecular weight is 364 g/mol. The molecule has 0 aliphatic carbocycles. The number of hydrogen-bond donors (Lipinski definition) is 1. The number of nitrogens with one attached hydrogen (secondary N) is 1. The Kier molecular flexibility index (Phi) is 5.64. The van der Waals surface area contributed by atoms with Crippen LogP contribution in [0.25, 0.3) is 11.4 Å². The van der Waals surface area contributed by atoms with Crippen molar-refractivity contribution in [2.75, 3.05) is 6.54 Å². The van der Waals surface area contributed by atoms with Gasteiger partial charge in [-0.1, -0.05) is 48.8 Å². The maximum absolute atomic E-state index is 12.2. The van der Waals surface area contributed by atoms with E-state index in [1.54, 1.807) is 12.4 Å². The van der Waals surface area contributed by atoms with Crippen LogP contribution in [0.3, 0.4) is 0 Å². The Morgan fingerprint density at radius 3 is 2.70 bits per heavy atom. The van der Waals surface area contributed by atoms with Crippen LogP contribution < -0.4 is 5.32 Å². The van der Waals surface area contributed by atoms with Crippen LogP contribution in [0.2, 0.25) is 0 Å². The summed E-state index contributed by atoms with van der Waals surface area (Å²) in [6, 6.07) is 12.0. The summed E-state index contributed by atoms with van der Waals surface area (Å²) in [5.74, 6) is 0.933. The van der Waals surface area contributed by atoms with Crippen molar-refractivity contribution >= 4 is 5.91 Å². The van der Waals surface area contributed by atoms with Gasteiger partial charge in [0.1, 0.15) is 0 Å². The predicted octanol–water partition coefficient (Wildman–Crippen LogP) is 3.47. The molecule has 1 amide bonds. The van der Waals surface area contributed by atoms with Crippen LogP contribution in [0.15, 0.2) is 53.3 Å². The summed E-state index contributed by atoms with van der Waals surface area (Å²) in [5.41, 5.74) is 3.13. The molecule has 0 aliphatic rings. The highest BCUT2D eigenvalue weighted by atomic mass is 16.5. The van der Waals surface area contributed by atoms with Crippen LogP contribution >= 0.6 is 0 Å². The van der Waals surface area contributed by atoms with E-state index in [-0.39, 0.29) is 11.3 Å². The monoisotopic (exact) mass is 364 g/mol. The van der Waals surface area contributed by atoms with Crippen molar-refractivity contribution in [3.63, 3.8) is 0 Å². The third kappa shape index (κ3) is 5.00. The quantitative estimate of drug-likeness (QED) is 0.694. The molecular formula is C21H24N4O2. The SMILES string of the molecule is Cc1cccc(C(C)(C)CNC(=O)CCc2nc(-c3ccncc3)no2)c1. The molecule has 6 nitrogen and oxygen atoms in total. The van der Waals surface area contributed by atoms with Crippen LogP contribution in [-0.2, 0) is 16.6 Å². The van der Waals surface area contributed by atoms with E-state index in [0.29, 0.717) is 31.1 Å². The van der Waals surface area contributed by atoms with Gasteiger partial charge in [0.2, 0.25) is 17.6 Å². The van der Waals surface area contributed by atoms with E-state index >= 15 is 0 Å². The number of amides is 1. The number of pyridine rings is 1. The van der Waals surface area contributed by atoms with Crippen LogP contribution in [0, 0.1) is 6.92 Å². The van der Waals surface area contributed by atoms with Gasteiger partial charge in [-0.25, -0.2) is 0 Å². The van der Waals surface area contributed by atoms with Gasteiger partial charge in [-0.3, -0.25) is 9.78 Å². The molecular weight excluding hydrogens is 340 g/mol. The lowest BCUT2D eigenvalue weighted by atomic mass is 9.84. The first-order valence-corrected chi connectivity index (χ1v) is 9.01. The minimum Gasteiger partial charge on any atom is -0.355 e. The second kappa shape index (κ2) is 8.12. The highest BCUT2D eigenvalue weighted by Crippen LogP contribution is 2.23. The Morgan fingerprint density at radius 2 is 1.96 bits per heavy atom. The lowest BCUT2D eigenvalue weighted by Gasteiger charge is -2.26. The maximum atomic E-state index is 12.2. The molecule has 2 heterocycles. The first-order valence-electron chi connectivity index (χ1n) is 9.01. The zero-order chi connectivity index (χ0) is 19.3. The first-order chi connectivity index (χ1) is 12.9. The highest BCUT2D eigenvalue weighted by molar-refractivity contribution is 5.76. The third-order valence-electron chi connectivity index (χ3n) is 4.50. The van der Waals surface area contributed by atoms with Gasteiger partial charge in [0, 0.05) is 42.8 Å². The second-order valence-corrected chi connectivity index (χ2v) is 7.28. The molecule has 0 saturated carbocycles. The standard InChI is InChI=1S/C21H24N4O2/c1-15-5-4-6-17(13-15)21(2,3)14-23-18(26)7-8-19-24-20(25-27-19)16-9-11-22-12-10-16/h4-6,9-13H,7-8,14H2,1-3H3,(H,23,26). The summed E-state index contributed by atoms with van der Waals surface area (Å²) in [4.78, 5) is 20.5. The van der Waals surface area contributed by atoms with Crippen LogP contribution in [0.5, 0.6) is 0 Å². The van der Waals surface area contributed by atoms with Crippen molar-refractivity contribution in [3.8, 4) is 11.4 Å². The molecule has 1 N–H and O–H groups in total. The predicted molar refractivity (Wildman–Crippen MR) is 103 cm³/mol. The summed E-state index contributed by atoms with van der Waals surface area (Å²) < 4.78 is 5.24. The Bertz CT molecular complexity index is 903. The van der Waals surface area contributed by atoms with Crippen LogP contribution in [-0.4, -0.2) is 27.6 Å². The number of benzene rings is 1. The summed E-state index contributed by atoms with van der Waals surface area (Å²) in [7, 11) is 0. The molecule has 3 rings (SSSR count). The summed E-state index contributed by atoms with van der Waals surface area (Å²) in [6.45, 7) is 6.90. The Labute approximate surface area is 159 Å². The fraction of sp³-hybridized carbons (Fsp3) is 0.333. The van der Waals surface area contributed by atoms with E-state index in [1.807, 2.05) is 18.2 Å². The van der Waals surface area contributed by atoms with Gasteiger partial charge < -0.3 is 9.84 Å². The number of aryl methyl sites for hydroxylation is 2. The molecule has 0 aliphatic heterocycles. The zero-order valence-corrected chi connectivity index (χ0v) is 15.9. The van der Waals surface area contributed by atoms with Gasteiger partial charge >= 0.3 is 0 Å². The van der Waals surface area contributed by atoms with Gasteiger partial charge in [-0.15, -0.1) is 0 Å². The molecule has 0 saturated heterocycles. The van der Waals surface area contributed by atoms with Gasteiger partial charge in [-0.2, -0.15) is 4.98 Å². The smallest absolute Gasteiger partial charge is 0.227 e. The van der Waals surface area contributed by atoms with Crippen molar-refractivity contribution in [3.05, 3.63) is 65.8 Å². The number of carbonyl (C=O) groups is 1. The van der Waals surface area contributed by atoms with Crippen molar-refractivity contribution in [1.29, 1.82) is 0 Å². The van der Waals surface area contributed by atoms with Gasteiger partial charge in [-0.05, 0) is 24.6 Å². The zero-order valence-electron chi connectivity index (χ0n) is 15.9. The van der Waals surface area contributed by atoms with Gasteiger partial charge in [0.15, 0.2) is 0 Å². The number of carbonyl (C=O) groups excluding carboxylic acids is 1. The Hall–Kier alpha value is -3.02. The average Bonchev–Trinajstić information content (AvgIpc) is 3.15. The largest absolute Gasteiger partial charge is 0.355 e. The van der Waals surface area contributed by atoms with Crippen LogP contribution in [0.1, 0.15) is 37.3 Å². The normalized spacial score (nSPS) is 11.4.